The number of hydrogen-bond acceptors (Lipinski definition) is 2. The maximum Gasteiger partial charge on any atom is 0.0297 e. The Balaban J connectivity index is 0.000000127. The topological polar surface area (TPSA) is 12.9 Å². The van der Waals surface area contributed by atoms with Crippen molar-refractivity contribution in [2.24, 2.45) is 0 Å². The first-order valence-corrected chi connectivity index (χ1v) is 4.67. The van der Waals surface area contributed by atoms with Gasteiger partial charge in [0.1, 0.15) is 0 Å². The Morgan fingerprint density at radius 1 is 1.17 bits per heavy atom. The molecule has 0 aliphatic carbocycles. The first kappa shape index (κ1) is 8.94. The van der Waals surface area contributed by atoms with E-state index in [9.17, 15) is 0 Å². The third-order valence-corrected chi connectivity index (χ3v) is 1.86. The predicted octanol–water partition coefficient (Wildman–Crippen LogP) is 3.14. The van der Waals surface area contributed by atoms with Crippen molar-refractivity contribution in [2.75, 3.05) is 0 Å². The molecule has 0 spiro atoms. The fourth-order valence-electron chi connectivity index (χ4n) is 0.675. The van der Waals surface area contributed by atoms with Gasteiger partial charge in [0.05, 0.1) is 0 Å². The Bertz CT molecular complexity index is 259. The number of pyridine rings is 1. The quantitative estimate of drug-likeness (QED) is 0.602. The fraction of sp³-hybridized carbons (Fsp3) is 0.100. The zero-order valence-corrected chi connectivity index (χ0v) is 7.79. The number of aromatic nitrogens is 1. The van der Waals surface area contributed by atoms with Crippen molar-refractivity contribution in [3.8, 4) is 0 Å². The van der Waals surface area contributed by atoms with Crippen LogP contribution >= 0.6 is 11.3 Å². The molecule has 0 bridgehead atoms. The van der Waals surface area contributed by atoms with Gasteiger partial charge in [0, 0.05) is 12.4 Å². The second-order valence-electron chi connectivity index (χ2n) is 2.32. The lowest BCUT2D eigenvalue weighted by atomic mass is 10.3. The van der Waals surface area contributed by atoms with Crippen LogP contribution in [0.1, 0.15) is 5.56 Å². The van der Waals surface area contributed by atoms with Crippen molar-refractivity contribution in [1.82, 2.24) is 4.98 Å². The summed E-state index contributed by atoms with van der Waals surface area (Å²) >= 11 is 1.71. The standard InChI is InChI=1S/C6H7N.C4H4S/c1-6-3-2-4-7-5-6;1-2-4-5-3-1/h2-5H,1H3;1-4H. The molecule has 12 heavy (non-hydrogen) atoms. The summed E-state index contributed by atoms with van der Waals surface area (Å²) in [7, 11) is 0. The lowest BCUT2D eigenvalue weighted by molar-refractivity contribution is 1.27. The minimum Gasteiger partial charge on any atom is -0.264 e. The van der Waals surface area contributed by atoms with E-state index in [1.165, 1.54) is 5.56 Å². The largest absolute Gasteiger partial charge is 0.264 e. The summed E-state index contributed by atoms with van der Waals surface area (Å²) in [5, 5.41) is 4.08. The van der Waals surface area contributed by atoms with E-state index in [1.54, 1.807) is 17.5 Å². The molecule has 2 heterocycles. The SMILES string of the molecule is Cc1cccnc1.c1ccsc1. The molecular formula is C10H11NS. The Labute approximate surface area is 76.7 Å². The van der Waals surface area contributed by atoms with Gasteiger partial charge in [0.2, 0.25) is 0 Å². The Morgan fingerprint density at radius 2 is 1.92 bits per heavy atom. The van der Waals surface area contributed by atoms with Gasteiger partial charge in [-0.2, -0.15) is 11.3 Å². The molecule has 0 saturated carbocycles. The van der Waals surface area contributed by atoms with Crippen LogP contribution in [0.25, 0.3) is 0 Å². The molecule has 2 heteroatoms. The molecule has 0 N–H and O–H groups in total. The fourth-order valence-corrected chi connectivity index (χ4v) is 1.13. The van der Waals surface area contributed by atoms with Crippen LogP contribution in [0, 0.1) is 6.92 Å². The van der Waals surface area contributed by atoms with Crippen LogP contribution in [-0.2, 0) is 0 Å². The highest BCUT2D eigenvalue weighted by Crippen LogP contribution is 1.91. The Hall–Kier alpha value is -1.15. The van der Waals surface area contributed by atoms with Crippen molar-refractivity contribution < 1.29 is 0 Å². The summed E-state index contributed by atoms with van der Waals surface area (Å²) < 4.78 is 0. The predicted molar refractivity (Wildman–Crippen MR) is 53.3 cm³/mol. The van der Waals surface area contributed by atoms with E-state index >= 15 is 0 Å². The van der Waals surface area contributed by atoms with Gasteiger partial charge < -0.3 is 0 Å². The molecule has 0 amide bonds. The van der Waals surface area contributed by atoms with Crippen LogP contribution in [0.2, 0.25) is 0 Å². The van der Waals surface area contributed by atoms with Gasteiger partial charge in [0.15, 0.2) is 0 Å². The molecule has 0 fully saturated rings. The van der Waals surface area contributed by atoms with E-state index in [2.05, 4.69) is 4.98 Å². The molecule has 0 aliphatic rings. The molecule has 2 aromatic heterocycles. The van der Waals surface area contributed by atoms with E-state index in [1.807, 2.05) is 48.1 Å². The van der Waals surface area contributed by atoms with Gasteiger partial charge in [-0.1, -0.05) is 18.2 Å². The number of thiophene rings is 1. The van der Waals surface area contributed by atoms with E-state index < -0.39 is 0 Å². The van der Waals surface area contributed by atoms with E-state index in [0.717, 1.165) is 0 Å². The summed E-state index contributed by atoms with van der Waals surface area (Å²) in [6.45, 7) is 2.02. The minimum absolute atomic E-state index is 1.21. The molecule has 0 atom stereocenters. The third kappa shape index (κ3) is 3.88. The average molecular weight is 177 g/mol. The lowest BCUT2D eigenvalue weighted by Gasteiger charge is -1.82. The number of nitrogens with zero attached hydrogens (tertiary/aromatic N) is 1. The van der Waals surface area contributed by atoms with E-state index in [0.29, 0.717) is 0 Å². The van der Waals surface area contributed by atoms with Crippen molar-refractivity contribution in [1.29, 1.82) is 0 Å². The van der Waals surface area contributed by atoms with Crippen molar-refractivity contribution in [3.63, 3.8) is 0 Å². The monoisotopic (exact) mass is 177 g/mol. The highest BCUT2D eigenvalue weighted by atomic mass is 32.1. The molecule has 0 unspecified atom stereocenters. The van der Waals surface area contributed by atoms with Gasteiger partial charge in [-0.15, -0.1) is 0 Å². The van der Waals surface area contributed by atoms with Crippen molar-refractivity contribution in [3.05, 3.63) is 53.0 Å². The molecule has 1 nitrogen and oxygen atoms in total. The first-order valence-electron chi connectivity index (χ1n) is 3.73. The maximum absolute atomic E-state index is 3.88. The molecule has 2 aromatic rings. The van der Waals surface area contributed by atoms with Gasteiger partial charge in [-0.3, -0.25) is 4.98 Å². The van der Waals surface area contributed by atoms with E-state index in [4.69, 9.17) is 0 Å². The number of aryl methyl sites for hydroxylation is 1. The zero-order chi connectivity index (χ0) is 8.65. The smallest absolute Gasteiger partial charge is 0.0297 e. The van der Waals surface area contributed by atoms with Crippen LogP contribution in [0.15, 0.2) is 47.4 Å². The highest BCUT2D eigenvalue weighted by molar-refractivity contribution is 7.07. The van der Waals surface area contributed by atoms with E-state index in [-0.39, 0.29) is 0 Å². The molecule has 0 saturated heterocycles. The van der Waals surface area contributed by atoms with Crippen LogP contribution in [-0.4, -0.2) is 4.98 Å². The van der Waals surface area contributed by atoms with Gasteiger partial charge >= 0.3 is 0 Å². The molecule has 0 aliphatic heterocycles. The third-order valence-electron chi connectivity index (χ3n) is 1.23. The Morgan fingerprint density at radius 3 is 2.17 bits per heavy atom. The summed E-state index contributed by atoms with van der Waals surface area (Å²) in [4.78, 5) is 3.88. The summed E-state index contributed by atoms with van der Waals surface area (Å²) in [5.41, 5.74) is 1.21. The summed E-state index contributed by atoms with van der Waals surface area (Å²) in [5.74, 6) is 0. The summed E-state index contributed by atoms with van der Waals surface area (Å²) in [6.07, 6.45) is 3.60. The average Bonchev–Trinajstić information content (AvgIpc) is 2.62. The number of rotatable bonds is 0. The molecular weight excluding hydrogens is 166 g/mol. The van der Waals surface area contributed by atoms with Crippen molar-refractivity contribution >= 4 is 11.3 Å². The highest BCUT2D eigenvalue weighted by Gasteiger charge is 1.73. The van der Waals surface area contributed by atoms with Crippen molar-refractivity contribution in [2.45, 2.75) is 6.92 Å². The lowest BCUT2D eigenvalue weighted by Crippen LogP contribution is -1.69. The molecule has 0 aromatic carbocycles. The second kappa shape index (κ2) is 5.49. The van der Waals surface area contributed by atoms with Gasteiger partial charge in [-0.25, -0.2) is 0 Å². The zero-order valence-electron chi connectivity index (χ0n) is 6.97. The Kier molecular flexibility index (Phi) is 4.09. The van der Waals surface area contributed by atoms with Crippen LogP contribution in [0.3, 0.4) is 0 Å². The minimum atomic E-state index is 1.21. The van der Waals surface area contributed by atoms with Crippen LogP contribution in [0.4, 0.5) is 0 Å². The molecule has 62 valence electrons. The molecule has 2 rings (SSSR count). The van der Waals surface area contributed by atoms with Crippen LogP contribution < -0.4 is 0 Å². The summed E-state index contributed by atoms with van der Waals surface area (Å²) in [6, 6.07) is 7.98. The second-order valence-corrected chi connectivity index (χ2v) is 3.14. The first-order chi connectivity index (χ1) is 5.89. The van der Waals surface area contributed by atoms with Gasteiger partial charge in [-0.05, 0) is 29.3 Å². The maximum atomic E-state index is 3.88. The van der Waals surface area contributed by atoms with Gasteiger partial charge in [0.25, 0.3) is 0 Å². The molecule has 0 radical (unpaired) electrons. The normalized spacial score (nSPS) is 8.42. The van der Waals surface area contributed by atoms with Crippen LogP contribution in [0.5, 0.6) is 0 Å². The number of hydrogen-bond donors (Lipinski definition) is 0.